The number of nitrogens with one attached hydrogen (secondary N) is 1. The van der Waals surface area contributed by atoms with E-state index in [-0.39, 0.29) is 17.5 Å². The number of rotatable bonds is 4. The van der Waals surface area contributed by atoms with E-state index in [1.807, 2.05) is 0 Å². The number of carbonyl (C=O) groups excluding carboxylic acids is 1. The SMILES string of the molecule is CC1CCN(C(=O)c2ccc(F)c(S(=O)(=O)NC3CC3)c2)CC1. The molecule has 1 N–H and O–H groups in total. The van der Waals surface area contributed by atoms with Gasteiger partial charge in [0.05, 0.1) is 0 Å². The van der Waals surface area contributed by atoms with Crippen molar-refractivity contribution in [2.45, 2.75) is 43.5 Å². The molecule has 2 fully saturated rings. The zero-order valence-electron chi connectivity index (χ0n) is 13.1. The lowest BCUT2D eigenvalue weighted by atomic mass is 9.98. The lowest BCUT2D eigenvalue weighted by Gasteiger charge is -2.30. The average molecular weight is 340 g/mol. The van der Waals surface area contributed by atoms with E-state index in [0.717, 1.165) is 37.8 Å². The third-order valence-corrected chi connectivity index (χ3v) is 5.97. The van der Waals surface area contributed by atoms with E-state index in [1.165, 1.54) is 6.07 Å². The van der Waals surface area contributed by atoms with Gasteiger partial charge in [-0.3, -0.25) is 4.79 Å². The molecule has 0 unspecified atom stereocenters. The number of halogens is 1. The van der Waals surface area contributed by atoms with Gasteiger partial charge in [-0.2, -0.15) is 0 Å². The highest BCUT2D eigenvalue weighted by Gasteiger charge is 2.30. The van der Waals surface area contributed by atoms with Crippen molar-refractivity contribution in [2.75, 3.05) is 13.1 Å². The molecule has 0 radical (unpaired) electrons. The molecule has 1 aliphatic carbocycles. The minimum atomic E-state index is -3.92. The highest BCUT2D eigenvalue weighted by Crippen LogP contribution is 2.25. The zero-order valence-corrected chi connectivity index (χ0v) is 13.9. The van der Waals surface area contributed by atoms with Crippen LogP contribution in [0.2, 0.25) is 0 Å². The normalized spacial score (nSPS) is 19.8. The van der Waals surface area contributed by atoms with Gasteiger partial charge in [-0.15, -0.1) is 0 Å². The molecule has 2 aliphatic rings. The van der Waals surface area contributed by atoms with Crippen LogP contribution >= 0.6 is 0 Å². The summed E-state index contributed by atoms with van der Waals surface area (Å²) in [6.45, 7) is 3.45. The van der Waals surface area contributed by atoms with Gasteiger partial charge in [0.2, 0.25) is 10.0 Å². The minimum Gasteiger partial charge on any atom is -0.339 e. The average Bonchev–Trinajstić information content (AvgIpc) is 3.31. The van der Waals surface area contributed by atoms with Gasteiger partial charge in [0.15, 0.2) is 0 Å². The molecular weight excluding hydrogens is 319 g/mol. The molecule has 5 nitrogen and oxygen atoms in total. The predicted molar refractivity (Wildman–Crippen MR) is 84.0 cm³/mol. The van der Waals surface area contributed by atoms with E-state index < -0.39 is 20.7 Å². The quantitative estimate of drug-likeness (QED) is 0.913. The second-order valence-electron chi connectivity index (χ2n) is 6.52. The van der Waals surface area contributed by atoms with Crippen LogP contribution in [0.1, 0.15) is 43.0 Å². The first-order chi connectivity index (χ1) is 10.9. The first-order valence-corrected chi connectivity index (χ1v) is 9.46. The van der Waals surface area contributed by atoms with E-state index >= 15 is 0 Å². The van der Waals surface area contributed by atoms with Gasteiger partial charge in [0, 0.05) is 24.7 Å². The van der Waals surface area contributed by atoms with Gasteiger partial charge in [-0.25, -0.2) is 17.5 Å². The van der Waals surface area contributed by atoms with Crippen LogP contribution in [-0.4, -0.2) is 38.4 Å². The Morgan fingerprint density at radius 3 is 2.48 bits per heavy atom. The van der Waals surface area contributed by atoms with E-state index in [1.54, 1.807) is 4.90 Å². The van der Waals surface area contributed by atoms with Crippen LogP contribution in [0.4, 0.5) is 4.39 Å². The Labute approximate surface area is 135 Å². The standard InChI is InChI=1S/C16H21FN2O3S/c1-11-6-8-19(9-7-11)16(20)12-2-5-14(17)15(10-12)23(21,22)18-13-3-4-13/h2,5,10-11,13,18H,3-4,6-9H2,1H3. The summed E-state index contributed by atoms with van der Waals surface area (Å²) in [6.07, 6.45) is 3.40. The fraction of sp³-hybridized carbons (Fsp3) is 0.562. The van der Waals surface area contributed by atoms with Crippen molar-refractivity contribution in [3.8, 4) is 0 Å². The van der Waals surface area contributed by atoms with Crippen molar-refractivity contribution in [2.24, 2.45) is 5.92 Å². The van der Waals surface area contributed by atoms with Crippen LogP contribution in [-0.2, 0) is 10.0 Å². The third-order valence-electron chi connectivity index (χ3n) is 4.44. The van der Waals surface area contributed by atoms with Gasteiger partial charge >= 0.3 is 0 Å². The summed E-state index contributed by atoms with van der Waals surface area (Å²) in [4.78, 5) is 13.8. The first kappa shape index (κ1) is 16.4. The van der Waals surface area contributed by atoms with E-state index in [2.05, 4.69) is 11.6 Å². The molecule has 1 heterocycles. The number of hydrogen-bond acceptors (Lipinski definition) is 3. The zero-order chi connectivity index (χ0) is 16.6. The molecule has 0 aromatic heterocycles. The van der Waals surface area contributed by atoms with Crippen LogP contribution in [0.15, 0.2) is 23.1 Å². The largest absolute Gasteiger partial charge is 0.339 e. The van der Waals surface area contributed by atoms with Crippen molar-refractivity contribution in [3.63, 3.8) is 0 Å². The Hall–Kier alpha value is -1.47. The highest BCUT2D eigenvalue weighted by molar-refractivity contribution is 7.89. The number of piperidine rings is 1. The van der Waals surface area contributed by atoms with Gasteiger partial charge in [-0.1, -0.05) is 6.92 Å². The number of benzene rings is 1. The summed E-state index contributed by atoms with van der Waals surface area (Å²) in [6, 6.07) is 3.45. The predicted octanol–water partition coefficient (Wildman–Crippen LogP) is 2.14. The summed E-state index contributed by atoms with van der Waals surface area (Å²) >= 11 is 0. The monoisotopic (exact) mass is 340 g/mol. The van der Waals surface area contributed by atoms with Crippen LogP contribution < -0.4 is 4.72 Å². The Balaban J connectivity index is 1.83. The summed E-state index contributed by atoms with van der Waals surface area (Å²) < 4.78 is 40.8. The molecular formula is C16H21FN2O3S. The number of nitrogens with zero attached hydrogens (tertiary/aromatic N) is 1. The summed E-state index contributed by atoms with van der Waals surface area (Å²) in [5.41, 5.74) is 0.220. The molecule has 1 aromatic rings. The molecule has 7 heteroatoms. The maximum atomic E-state index is 13.9. The van der Waals surface area contributed by atoms with Gasteiger partial charge in [0.1, 0.15) is 10.7 Å². The third kappa shape index (κ3) is 3.72. The van der Waals surface area contributed by atoms with Crippen molar-refractivity contribution < 1.29 is 17.6 Å². The van der Waals surface area contributed by atoms with Crippen LogP contribution in [0, 0.1) is 11.7 Å². The molecule has 3 rings (SSSR count). The van der Waals surface area contributed by atoms with Crippen LogP contribution in [0.3, 0.4) is 0 Å². The summed E-state index contributed by atoms with van der Waals surface area (Å²) in [5, 5.41) is 0. The van der Waals surface area contributed by atoms with Crippen LogP contribution in [0.5, 0.6) is 0 Å². The molecule has 0 atom stereocenters. The molecule has 0 bridgehead atoms. The molecule has 1 aliphatic heterocycles. The molecule has 1 aromatic carbocycles. The van der Waals surface area contributed by atoms with Crippen LogP contribution in [0.25, 0.3) is 0 Å². The molecule has 1 saturated carbocycles. The summed E-state index contributed by atoms with van der Waals surface area (Å²) in [7, 11) is -3.92. The molecule has 1 amide bonds. The maximum absolute atomic E-state index is 13.9. The summed E-state index contributed by atoms with van der Waals surface area (Å²) in [5.74, 6) is -0.479. The molecule has 1 saturated heterocycles. The Morgan fingerprint density at radius 1 is 1.22 bits per heavy atom. The number of likely N-dealkylation sites (tertiary alicyclic amines) is 1. The van der Waals surface area contributed by atoms with E-state index in [0.29, 0.717) is 19.0 Å². The van der Waals surface area contributed by atoms with Gasteiger partial charge in [-0.05, 0) is 49.8 Å². The second-order valence-corrected chi connectivity index (χ2v) is 8.20. The maximum Gasteiger partial charge on any atom is 0.253 e. The number of hydrogen-bond donors (Lipinski definition) is 1. The number of amides is 1. The Kier molecular flexibility index (Phi) is 4.42. The van der Waals surface area contributed by atoms with Gasteiger partial charge in [0.25, 0.3) is 5.91 Å². The molecule has 126 valence electrons. The van der Waals surface area contributed by atoms with Crippen molar-refractivity contribution in [1.29, 1.82) is 0 Å². The topological polar surface area (TPSA) is 66.5 Å². The Morgan fingerprint density at radius 2 is 1.87 bits per heavy atom. The lowest BCUT2D eigenvalue weighted by molar-refractivity contribution is 0.0697. The second kappa shape index (κ2) is 6.20. The molecule has 0 spiro atoms. The fourth-order valence-electron chi connectivity index (χ4n) is 2.72. The highest BCUT2D eigenvalue weighted by atomic mass is 32.2. The minimum absolute atomic E-state index is 0.109. The van der Waals surface area contributed by atoms with Crippen molar-refractivity contribution in [3.05, 3.63) is 29.6 Å². The van der Waals surface area contributed by atoms with E-state index in [9.17, 15) is 17.6 Å². The lowest BCUT2D eigenvalue weighted by Crippen LogP contribution is -2.38. The smallest absolute Gasteiger partial charge is 0.253 e. The first-order valence-electron chi connectivity index (χ1n) is 7.98. The number of carbonyl (C=O) groups is 1. The Bertz CT molecular complexity index is 708. The van der Waals surface area contributed by atoms with Crippen molar-refractivity contribution >= 4 is 15.9 Å². The molecule has 23 heavy (non-hydrogen) atoms. The number of sulfonamides is 1. The van der Waals surface area contributed by atoms with E-state index in [4.69, 9.17) is 0 Å². The fourth-order valence-corrected chi connectivity index (χ4v) is 4.13. The van der Waals surface area contributed by atoms with Gasteiger partial charge < -0.3 is 4.90 Å². The van der Waals surface area contributed by atoms with Crippen molar-refractivity contribution in [1.82, 2.24) is 9.62 Å².